The molecule has 1 unspecified atom stereocenters. The Morgan fingerprint density at radius 2 is 1.96 bits per heavy atom. The highest BCUT2D eigenvalue weighted by Crippen LogP contribution is 2.33. The molecule has 1 aromatic carbocycles. The first-order valence-electron chi connectivity index (χ1n) is 8.48. The molecule has 3 aromatic rings. The lowest BCUT2D eigenvalue weighted by molar-refractivity contribution is -0.126. The SMILES string of the molecule is CC(=O)NC(C(=O)Nc1nc(-c2c(C)[nH]c3ccccc23)cs1)C(C)C. The average Bonchev–Trinajstić information content (AvgIpc) is 3.14. The summed E-state index contributed by atoms with van der Waals surface area (Å²) in [7, 11) is 0. The van der Waals surface area contributed by atoms with Gasteiger partial charge in [0.2, 0.25) is 11.8 Å². The summed E-state index contributed by atoms with van der Waals surface area (Å²) in [4.78, 5) is 31.8. The summed E-state index contributed by atoms with van der Waals surface area (Å²) in [6.45, 7) is 7.20. The van der Waals surface area contributed by atoms with Crippen molar-refractivity contribution in [2.45, 2.75) is 33.7 Å². The number of aromatic amines is 1. The topological polar surface area (TPSA) is 86.9 Å². The van der Waals surface area contributed by atoms with Crippen LogP contribution in [0.5, 0.6) is 0 Å². The van der Waals surface area contributed by atoms with Gasteiger partial charge in [-0.25, -0.2) is 4.98 Å². The molecule has 0 aliphatic rings. The molecule has 2 amide bonds. The van der Waals surface area contributed by atoms with Crippen LogP contribution in [0.2, 0.25) is 0 Å². The van der Waals surface area contributed by atoms with Crippen molar-refractivity contribution in [1.29, 1.82) is 0 Å². The number of fused-ring (bicyclic) bond motifs is 1. The quantitative estimate of drug-likeness (QED) is 0.640. The Morgan fingerprint density at radius 3 is 2.65 bits per heavy atom. The number of hydrogen-bond acceptors (Lipinski definition) is 4. The summed E-state index contributed by atoms with van der Waals surface area (Å²) in [5.74, 6) is -0.506. The van der Waals surface area contributed by atoms with E-state index in [4.69, 9.17) is 0 Å². The molecule has 6 nitrogen and oxygen atoms in total. The van der Waals surface area contributed by atoms with Crippen LogP contribution in [0.25, 0.3) is 22.2 Å². The molecule has 0 saturated carbocycles. The van der Waals surface area contributed by atoms with Gasteiger partial charge in [0.1, 0.15) is 6.04 Å². The molecule has 26 heavy (non-hydrogen) atoms. The fraction of sp³-hybridized carbons (Fsp3) is 0.316. The molecule has 1 atom stereocenters. The molecule has 3 N–H and O–H groups in total. The maximum Gasteiger partial charge on any atom is 0.248 e. The van der Waals surface area contributed by atoms with Crippen LogP contribution in [-0.4, -0.2) is 27.8 Å². The predicted octanol–water partition coefficient (Wildman–Crippen LogP) is 3.70. The van der Waals surface area contributed by atoms with E-state index >= 15 is 0 Å². The van der Waals surface area contributed by atoms with E-state index in [2.05, 4.69) is 26.7 Å². The molecular formula is C19H22N4O2S. The van der Waals surface area contributed by atoms with Crippen LogP contribution < -0.4 is 10.6 Å². The lowest BCUT2D eigenvalue weighted by Gasteiger charge is -2.20. The molecular weight excluding hydrogens is 348 g/mol. The van der Waals surface area contributed by atoms with Crippen LogP contribution >= 0.6 is 11.3 Å². The van der Waals surface area contributed by atoms with Crippen LogP contribution in [0, 0.1) is 12.8 Å². The zero-order valence-corrected chi connectivity index (χ0v) is 16.0. The minimum Gasteiger partial charge on any atom is -0.358 e. The van der Waals surface area contributed by atoms with Crippen molar-refractivity contribution in [3.8, 4) is 11.3 Å². The number of nitrogens with zero attached hydrogens (tertiary/aromatic N) is 1. The second-order valence-corrected chi connectivity index (χ2v) is 7.48. The van der Waals surface area contributed by atoms with Gasteiger partial charge in [0.15, 0.2) is 5.13 Å². The molecule has 0 bridgehead atoms. The Hall–Kier alpha value is -2.67. The fourth-order valence-corrected chi connectivity index (χ4v) is 3.69. The number of nitrogens with one attached hydrogen (secondary N) is 3. The fourth-order valence-electron chi connectivity index (χ4n) is 2.99. The van der Waals surface area contributed by atoms with Crippen molar-refractivity contribution in [2.75, 3.05) is 5.32 Å². The average molecular weight is 370 g/mol. The molecule has 2 heterocycles. The van der Waals surface area contributed by atoms with Gasteiger partial charge < -0.3 is 15.6 Å². The maximum absolute atomic E-state index is 12.5. The lowest BCUT2D eigenvalue weighted by atomic mass is 10.0. The summed E-state index contributed by atoms with van der Waals surface area (Å²) in [5, 5.41) is 9.06. The number of aryl methyl sites for hydroxylation is 1. The van der Waals surface area contributed by atoms with Gasteiger partial charge in [-0.05, 0) is 18.9 Å². The Kier molecular flexibility index (Phi) is 5.08. The van der Waals surface area contributed by atoms with Crippen LogP contribution in [-0.2, 0) is 9.59 Å². The number of aromatic nitrogens is 2. The van der Waals surface area contributed by atoms with Crippen molar-refractivity contribution in [1.82, 2.24) is 15.3 Å². The van der Waals surface area contributed by atoms with E-state index in [1.54, 1.807) is 0 Å². The zero-order valence-electron chi connectivity index (χ0n) is 15.2. The van der Waals surface area contributed by atoms with Gasteiger partial charge in [-0.2, -0.15) is 0 Å². The highest BCUT2D eigenvalue weighted by Gasteiger charge is 2.24. The number of carbonyl (C=O) groups excluding carboxylic acids is 2. The first kappa shape index (κ1) is 18.1. The van der Waals surface area contributed by atoms with Gasteiger partial charge in [0, 0.05) is 34.5 Å². The first-order valence-corrected chi connectivity index (χ1v) is 9.36. The normalized spacial score (nSPS) is 12.3. The van der Waals surface area contributed by atoms with Gasteiger partial charge >= 0.3 is 0 Å². The number of rotatable bonds is 5. The summed E-state index contributed by atoms with van der Waals surface area (Å²) in [6.07, 6.45) is 0. The second kappa shape index (κ2) is 7.29. The monoisotopic (exact) mass is 370 g/mol. The largest absolute Gasteiger partial charge is 0.358 e. The lowest BCUT2D eigenvalue weighted by Crippen LogP contribution is -2.46. The number of benzene rings is 1. The van der Waals surface area contributed by atoms with Crippen molar-refractivity contribution < 1.29 is 9.59 Å². The summed E-state index contributed by atoms with van der Waals surface area (Å²) < 4.78 is 0. The van der Waals surface area contributed by atoms with Crippen LogP contribution in [0.4, 0.5) is 5.13 Å². The number of H-pyrrole nitrogens is 1. The van der Waals surface area contributed by atoms with Crippen molar-refractivity contribution in [2.24, 2.45) is 5.92 Å². The summed E-state index contributed by atoms with van der Waals surface area (Å²) in [5.41, 5.74) is 3.96. The molecule has 3 rings (SSSR count). The van der Waals surface area contributed by atoms with E-state index in [0.29, 0.717) is 5.13 Å². The van der Waals surface area contributed by atoms with E-state index in [9.17, 15) is 9.59 Å². The zero-order chi connectivity index (χ0) is 18.8. The molecule has 136 valence electrons. The highest BCUT2D eigenvalue weighted by molar-refractivity contribution is 7.14. The summed E-state index contributed by atoms with van der Waals surface area (Å²) in [6, 6.07) is 7.48. The Bertz CT molecular complexity index is 958. The van der Waals surface area contributed by atoms with E-state index in [-0.39, 0.29) is 17.7 Å². The molecule has 7 heteroatoms. The molecule has 0 spiro atoms. The third kappa shape index (κ3) is 3.62. The molecule has 2 aromatic heterocycles. The molecule has 0 aliphatic carbocycles. The first-order chi connectivity index (χ1) is 12.4. The molecule has 0 saturated heterocycles. The van der Waals surface area contributed by atoms with Gasteiger partial charge in [-0.15, -0.1) is 11.3 Å². The second-order valence-electron chi connectivity index (χ2n) is 6.62. The number of amides is 2. The Labute approximate surface area is 156 Å². The van der Waals surface area contributed by atoms with E-state index < -0.39 is 6.04 Å². The minimum absolute atomic E-state index is 0.0193. The van der Waals surface area contributed by atoms with E-state index in [1.165, 1.54) is 18.3 Å². The van der Waals surface area contributed by atoms with Crippen molar-refractivity contribution in [3.05, 3.63) is 35.3 Å². The molecule has 0 radical (unpaired) electrons. The van der Waals surface area contributed by atoms with E-state index in [1.807, 2.05) is 44.4 Å². The number of thiazole rings is 1. The number of carbonyl (C=O) groups is 2. The minimum atomic E-state index is -0.588. The van der Waals surface area contributed by atoms with Crippen LogP contribution in [0.1, 0.15) is 26.5 Å². The van der Waals surface area contributed by atoms with Crippen LogP contribution in [0.15, 0.2) is 29.6 Å². The predicted molar refractivity (Wildman–Crippen MR) is 105 cm³/mol. The molecule has 0 aliphatic heterocycles. The molecule has 0 fully saturated rings. The standard InChI is InChI=1S/C19H22N4O2S/c1-10(2)17(21-12(4)24)18(25)23-19-22-15(9-26-19)16-11(3)20-14-8-6-5-7-13(14)16/h5-10,17,20H,1-4H3,(H,21,24)(H,22,23,25). The van der Waals surface area contributed by atoms with Crippen LogP contribution in [0.3, 0.4) is 0 Å². The summed E-state index contributed by atoms with van der Waals surface area (Å²) >= 11 is 1.37. The van der Waals surface area contributed by atoms with Gasteiger partial charge in [-0.3, -0.25) is 9.59 Å². The van der Waals surface area contributed by atoms with Crippen molar-refractivity contribution in [3.63, 3.8) is 0 Å². The van der Waals surface area contributed by atoms with Gasteiger partial charge in [0.25, 0.3) is 0 Å². The Morgan fingerprint density at radius 1 is 1.23 bits per heavy atom. The number of anilines is 1. The highest BCUT2D eigenvalue weighted by atomic mass is 32.1. The van der Waals surface area contributed by atoms with E-state index in [0.717, 1.165) is 27.9 Å². The third-order valence-corrected chi connectivity index (χ3v) is 4.95. The van der Waals surface area contributed by atoms with Crippen molar-refractivity contribution >= 4 is 39.2 Å². The number of hydrogen-bond donors (Lipinski definition) is 3. The van der Waals surface area contributed by atoms with Gasteiger partial charge in [-0.1, -0.05) is 32.0 Å². The third-order valence-electron chi connectivity index (χ3n) is 4.19. The maximum atomic E-state index is 12.5. The van der Waals surface area contributed by atoms with Gasteiger partial charge in [0.05, 0.1) is 5.69 Å². The Balaban J connectivity index is 1.84. The number of para-hydroxylation sites is 1. The smallest absolute Gasteiger partial charge is 0.248 e.